The van der Waals surface area contributed by atoms with E-state index in [1.165, 1.54) is 15.3 Å². The van der Waals surface area contributed by atoms with Crippen LogP contribution in [0.2, 0.25) is 0 Å². The van der Waals surface area contributed by atoms with Crippen LogP contribution in [-0.4, -0.2) is 19.3 Å². The maximum absolute atomic E-state index is 5.17. The topological polar surface area (TPSA) is 21.3 Å². The predicted molar refractivity (Wildman–Crippen MR) is 66.6 cm³/mol. The molecule has 0 saturated heterocycles. The molecule has 15 heavy (non-hydrogen) atoms. The molecule has 0 amide bonds. The molecule has 0 fully saturated rings. The zero-order chi connectivity index (χ0) is 11.5. The minimum atomic E-state index is 0.0387. The second-order valence-corrected chi connectivity index (χ2v) is 6.07. The van der Waals surface area contributed by atoms with Crippen molar-refractivity contribution in [1.82, 2.24) is 5.32 Å². The maximum atomic E-state index is 5.17. The third kappa shape index (κ3) is 3.93. The lowest BCUT2D eigenvalue weighted by Crippen LogP contribution is -2.42. The monoisotopic (exact) mass is 227 g/mol. The summed E-state index contributed by atoms with van der Waals surface area (Å²) in [6, 6.07) is 2.26. The van der Waals surface area contributed by atoms with E-state index < -0.39 is 0 Å². The molecule has 0 saturated carbocycles. The molecule has 0 aromatic carbocycles. The summed E-state index contributed by atoms with van der Waals surface area (Å²) < 4.78 is 5.17. The average Bonchev–Trinajstić information content (AvgIpc) is 2.42. The van der Waals surface area contributed by atoms with Gasteiger partial charge >= 0.3 is 0 Å². The van der Waals surface area contributed by atoms with Gasteiger partial charge in [0.15, 0.2) is 0 Å². The van der Waals surface area contributed by atoms with Crippen LogP contribution < -0.4 is 5.32 Å². The van der Waals surface area contributed by atoms with E-state index in [1.807, 2.05) is 11.3 Å². The average molecular weight is 227 g/mol. The van der Waals surface area contributed by atoms with Gasteiger partial charge in [-0.3, -0.25) is 0 Å². The minimum absolute atomic E-state index is 0.0387. The highest BCUT2D eigenvalue weighted by Gasteiger charge is 2.16. The molecule has 0 aliphatic heterocycles. The van der Waals surface area contributed by atoms with Crippen LogP contribution in [0.3, 0.4) is 0 Å². The van der Waals surface area contributed by atoms with Gasteiger partial charge in [-0.1, -0.05) is 0 Å². The normalized spacial score (nSPS) is 12.1. The first-order valence-electron chi connectivity index (χ1n) is 5.24. The van der Waals surface area contributed by atoms with Gasteiger partial charge in [0, 0.05) is 28.9 Å². The number of hydrogen-bond acceptors (Lipinski definition) is 3. The van der Waals surface area contributed by atoms with E-state index in [9.17, 15) is 0 Å². The first-order valence-corrected chi connectivity index (χ1v) is 6.06. The van der Waals surface area contributed by atoms with Crippen LogP contribution in [0.15, 0.2) is 6.07 Å². The zero-order valence-electron chi connectivity index (χ0n) is 10.3. The zero-order valence-corrected chi connectivity index (χ0v) is 11.1. The van der Waals surface area contributed by atoms with Crippen LogP contribution in [0.5, 0.6) is 0 Å². The highest BCUT2D eigenvalue weighted by molar-refractivity contribution is 7.12. The van der Waals surface area contributed by atoms with Crippen LogP contribution in [0.25, 0.3) is 0 Å². The third-order valence-electron chi connectivity index (χ3n) is 2.41. The predicted octanol–water partition coefficient (Wildman–Crippen LogP) is 2.88. The van der Waals surface area contributed by atoms with Gasteiger partial charge in [0.2, 0.25) is 0 Å². The molecule has 0 spiro atoms. The summed E-state index contributed by atoms with van der Waals surface area (Å²) in [5.74, 6) is 0. The fourth-order valence-electron chi connectivity index (χ4n) is 1.61. The van der Waals surface area contributed by atoms with Crippen molar-refractivity contribution in [2.24, 2.45) is 0 Å². The maximum Gasteiger partial charge on any atom is 0.0639 e. The molecule has 1 N–H and O–H groups in total. The molecule has 0 unspecified atom stereocenters. The standard InChI is InChI=1S/C12H21NOS/c1-9-6-11(10(2)15-9)7-13-12(3,4)8-14-5/h6,13H,7-8H2,1-5H3. The highest BCUT2D eigenvalue weighted by atomic mass is 32.1. The molecule has 3 heteroatoms. The number of nitrogens with one attached hydrogen (secondary N) is 1. The van der Waals surface area contributed by atoms with Gasteiger partial charge in [0.1, 0.15) is 0 Å². The molecule has 0 radical (unpaired) electrons. The second-order valence-electron chi connectivity index (χ2n) is 4.61. The summed E-state index contributed by atoms with van der Waals surface area (Å²) in [6.07, 6.45) is 0. The molecule has 0 aliphatic rings. The van der Waals surface area contributed by atoms with Crippen molar-refractivity contribution >= 4 is 11.3 Å². The van der Waals surface area contributed by atoms with Gasteiger partial charge in [0.25, 0.3) is 0 Å². The van der Waals surface area contributed by atoms with Gasteiger partial charge in [0.05, 0.1) is 6.61 Å². The lowest BCUT2D eigenvalue weighted by Gasteiger charge is -2.25. The lowest BCUT2D eigenvalue weighted by molar-refractivity contribution is 0.127. The van der Waals surface area contributed by atoms with E-state index in [1.54, 1.807) is 7.11 Å². The molecule has 1 aromatic rings. The van der Waals surface area contributed by atoms with Gasteiger partial charge in [-0.05, 0) is 39.3 Å². The number of thiophene rings is 1. The van der Waals surface area contributed by atoms with E-state index in [0.717, 1.165) is 13.2 Å². The van der Waals surface area contributed by atoms with Crippen molar-refractivity contribution in [3.63, 3.8) is 0 Å². The molecule has 86 valence electrons. The summed E-state index contributed by atoms with van der Waals surface area (Å²) in [7, 11) is 1.74. The minimum Gasteiger partial charge on any atom is -0.383 e. The van der Waals surface area contributed by atoms with E-state index in [4.69, 9.17) is 4.74 Å². The number of ether oxygens (including phenoxy) is 1. The summed E-state index contributed by atoms with van der Waals surface area (Å²) in [5, 5.41) is 3.51. The molecule has 0 aliphatic carbocycles. The molecule has 0 atom stereocenters. The Bertz CT molecular complexity index is 317. The van der Waals surface area contributed by atoms with Crippen LogP contribution >= 0.6 is 11.3 Å². The Kier molecular flexibility index (Phi) is 4.32. The van der Waals surface area contributed by atoms with Crippen molar-refractivity contribution in [1.29, 1.82) is 0 Å². The molecule has 0 bridgehead atoms. The summed E-state index contributed by atoms with van der Waals surface area (Å²) in [4.78, 5) is 2.79. The van der Waals surface area contributed by atoms with E-state index in [0.29, 0.717) is 0 Å². The molecule has 2 nitrogen and oxygen atoms in total. The summed E-state index contributed by atoms with van der Waals surface area (Å²) >= 11 is 1.86. The quantitative estimate of drug-likeness (QED) is 0.835. The Hall–Kier alpha value is -0.380. The van der Waals surface area contributed by atoms with Gasteiger partial charge < -0.3 is 10.1 Å². The van der Waals surface area contributed by atoms with E-state index in [2.05, 4.69) is 39.1 Å². The van der Waals surface area contributed by atoms with Gasteiger partial charge in [-0.25, -0.2) is 0 Å². The molecular formula is C12H21NOS. The van der Waals surface area contributed by atoms with Crippen molar-refractivity contribution in [2.45, 2.75) is 39.8 Å². The SMILES string of the molecule is COCC(C)(C)NCc1cc(C)sc1C. The van der Waals surface area contributed by atoms with Crippen molar-refractivity contribution in [3.8, 4) is 0 Å². The lowest BCUT2D eigenvalue weighted by atomic mass is 10.1. The van der Waals surface area contributed by atoms with Crippen LogP contribution in [0.4, 0.5) is 0 Å². The van der Waals surface area contributed by atoms with Crippen molar-refractivity contribution in [3.05, 3.63) is 21.4 Å². The molecule has 1 heterocycles. The molecule has 1 rings (SSSR count). The van der Waals surface area contributed by atoms with Gasteiger partial charge in [-0.2, -0.15) is 0 Å². The number of rotatable bonds is 5. The second kappa shape index (κ2) is 5.10. The van der Waals surface area contributed by atoms with Crippen LogP contribution in [0, 0.1) is 13.8 Å². The Morgan fingerprint density at radius 1 is 1.40 bits per heavy atom. The summed E-state index contributed by atoms with van der Waals surface area (Å²) in [6.45, 7) is 10.3. The fraction of sp³-hybridized carbons (Fsp3) is 0.667. The van der Waals surface area contributed by atoms with Crippen molar-refractivity contribution in [2.75, 3.05) is 13.7 Å². The highest BCUT2D eigenvalue weighted by Crippen LogP contribution is 2.20. The Balaban J connectivity index is 2.53. The van der Waals surface area contributed by atoms with E-state index >= 15 is 0 Å². The first kappa shape index (κ1) is 12.7. The van der Waals surface area contributed by atoms with E-state index in [-0.39, 0.29) is 5.54 Å². The Morgan fingerprint density at radius 3 is 2.53 bits per heavy atom. The molecule has 1 aromatic heterocycles. The van der Waals surface area contributed by atoms with Gasteiger partial charge in [-0.15, -0.1) is 11.3 Å². The first-order chi connectivity index (χ1) is 6.94. The smallest absolute Gasteiger partial charge is 0.0639 e. The Morgan fingerprint density at radius 2 is 2.07 bits per heavy atom. The fourth-order valence-corrected chi connectivity index (χ4v) is 2.55. The number of methoxy groups -OCH3 is 1. The number of hydrogen-bond donors (Lipinski definition) is 1. The van der Waals surface area contributed by atoms with Crippen molar-refractivity contribution < 1.29 is 4.74 Å². The van der Waals surface area contributed by atoms with Crippen LogP contribution in [-0.2, 0) is 11.3 Å². The largest absolute Gasteiger partial charge is 0.383 e. The van der Waals surface area contributed by atoms with Crippen LogP contribution in [0.1, 0.15) is 29.2 Å². The molecular weight excluding hydrogens is 206 g/mol. The third-order valence-corrected chi connectivity index (χ3v) is 3.41. The Labute approximate surface area is 96.7 Å². The number of aryl methyl sites for hydroxylation is 2. The summed E-state index contributed by atoms with van der Waals surface area (Å²) in [5.41, 5.74) is 1.44.